The number of anilines is 2. The van der Waals surface area contributed by atoms with E-state index in [0.717, 1.165) is 52.4 Å². The van der Waals surface area contributed by atoms with Crippen LogP contribution in [0, 0.1) is 0 Å². The highest BCUT2D eigenvalue weighted by atomic mass is 15.3. The Balaban J connectivity index is 1.33. The molecule has 5 aromatic rings. The number of rotatable bonds is 14. The van der Waals surface area contributed by atoms with Gasteiger partial charge in [-0.05, 0) is 42.5 Å². The van der Waals surface area contributed by atoms with Gasteiger partial charge in [-0.25, -0.2) is 0 Å². The normalized spacial score (nSPS) is 11.1. The molecule has 0 amide bonds. The van der Waals surface area contributed by atoms with Crippen LogP contribution in [0.5, 0.6) is 0 Å². The molecule has 4 aromatic heterocycles. The lowest BCUT2D eigenvalue weighted by molar-refractivity contribution is 0.552. The van der Waals surface area contributed by atoms with Crippen molar-refractivity contribution in [1.82, 2.24) is 39.1 Å². The fourth-order valence-corrected chi connectivity index (χ4v) is 4.25. The van der Waals surface area contributed by atoms with E-state index in [2.05, 4.69) is 54.5 Å². The molecule has 0 spiro atoms. The van der Waals surface area contributed by atoms with Gasteiger partial charge in [0.25, 0.3) is 0 Å². The molecule has 0 atom stereocenters. The summed E-state index contributed by atoms with van der Waals surface area (Å²) in [5.74, 6) is 0. The van der Waals surface area contributed by atoms with Crippen LogP contribution in [-0.2, 0) is 26.2 Å². The number of nitrogens with zero attached hydrogens (tertiary/aromatic N) is 10. The van der Waals surface area contributed by atoms with Gasteiger partial charge in [0.2, 0.25) is 0 Å². The van der Waals surface area contributed by atoms with Crippen molar-refractivity contribution < 1.29 is 0 Å². The lowest BCUT2D eigenvalue weighted by Gasteiger charge is -2.29. The molecule has 0 bridgehead atoms. The molecular weight excluding hydrogens is 452 g/mol. The van der Waals surface area contributed by atoms with Gasteiger partial charge in [0, 0.05) is 87.1 Å². The lowest BCUT2D eigenvalue weighted by Crippen LogP contribution is -2.33. The number of aromatic nitrogens is 8. The van der Waals surface area contributed by atoms with Crippen LogP contribution in [0.3, 0.4) is 0 Å². The Morgan fingerprint density at radius 1 is 0.472 bits per heavy atom. The molecule has 186 valence electrons. The van der Waals surface area contributed by atoms with Crippen LogP contribution < -0.4 is 9.80 Å². The Hall–Kier alpha value is -4.34. The van der Waals surface area contributed by atoms with Crippen LogP contribution in [0.1, 0.15) is 0 Å². The van der Waals surface area contributed by atoms with Crippen LogP contribution in [0.15, 0.2) is 98.1 Å². The third kappa shape index (κ3) is 6.41. The monoisotopic (exact) mass is 484 g/mol. The molecule has 0 saturated carbocycles. The summed E-state index contributed by atoms with van der Waals surface area (Å²) in [5.41, 5.74) is 2.38. The average Bonchev–Trinajstić information content (AvgIpc) is 3.72. The van der Waals surface area contributed by atoms with E-state index in [1.54, 1.807) is 0 Å². The molecule has 0 saturated heterocycles. The molecule has 36 heavy (non-hydrogen) atoms. The minimum atomic E-state index is 0.818. The summed E-state index contributed by atoms with van der Waals surface area (Å²) in [5, 5.41) is 17.5. The smallest absolute Gasteiger partial charge is 0.0584 e. The van der Waals surface area contributed by atoms with E-state index in [1.165, 1.54) is 11.4 Å². The summed E-state index contributed by atoms with van der Waals surface area (Å²) in [4.78, 5) is 4.82. The van der Waals surface area contributed by atoms with Gasteiger partial charge in [-0.2, -0.15) is 20.4 Å². The fourth-order valence-electron chi connectivity index (χ4n) is 4.25. The van der Waals surface area contributed by atoms with Crippen LogP contribution >= 0.6 is 0 Å². The average molecular weight is 485 g/mol. The van der Waals surface area contributed by atoms with Crippen LogP contribution in [0.2, 0.25) is 0 Å². The zero-order chi connectivity index (χ0) is 24.4. The second-order valence-electron chi connectivity index (χ2n) is 8.57. The molecular formula is C26H32N10. The van der Waals surface area contributed by atoms with Crippen LogP contribution in [0.4, 0.5) is 11.4 Å². The maximum Gasteiger partial charge on any atom is 0.0584 e. The van der Waals surface area contributed by atoms with Crippen molar-refractivity contribution >= 4 is 11.4 Å². The SMILES string of the molecule is c1cc(N(CCn2cccn2)CCn2cccn2)cc(N(CCn2cccn2)CCn2cccn2)c1. The molecule has 0 aliphatic rings. The highest BCUT2D eigenvalue weighted by molar-refractivity contribution is 5.59. The third-order valence-electron chi connectivity index (χ3n) is 6.19. The summed E-state index contributed by atoms with van der Waals surface area (Å²) >= 11 is 0. The van der Waals surface area contributed by atoms with Crippen LogP contribution in [0.25, 0.3) is 0 Å². The van der Waals surface area contributed by atoms with Crippen molar-refractivity contribution in [1.29, 1.82) is 0 Å². The standard InChI is InChI=1S/C26H32N10/c1-6-25(31(16-20-33-12-2-8-27-33)17-21-34-13-3-9-28-34)24-26(7-1)32(18-22-35-14-4-10-29-35)19-23-36-15-5-11-30-36/h1-15,24H,16-23H2. The fraction of sp³-hybridized carbons (Fsp3) is 0.308. The molecule has 10 nitrogen and oxygen atoms in total. The van der Waals surface area contributed by atoms with E-state index in [0.29, 0.717) is 0 Å². The Bertz CT molecular complexity index is 1070. The van der Waals surface area contributed by atoms with Gasteiger partial charge in [-0.1, -0.05) is 6.07 Å². The highest BCUT2D eigenvalue weighted by Crippen LogP contribution is 2.23. The van der Waals surface area contributed by atoms with Crippen molar-refractivity contribution in [2.75, 3.05) is 36.0 Å². The van der Waals surface area contributed by atoms with Gasteiger partial charge in [-0.15, -0.1) is 0 Å². The van der Waals surface area contributed by atoms with E-state index in [4.69, 9.17) is 0 Å². The minimum absolute atomic E-state index is 0.818. The maximum atomic E-state index is 4.38. The second kappa shape index (κ2) is 11.9. The number of hydrogen-bond acceptors (Lipinski definition) is 6. The zero-order valence-corrected chi connectivity index (χ0v) is 20.4. The first-order chi connectivity index (χ1) is 17.8. The molecule has 10 heteroatoms. The van der Waals surface area contributed by atoms with Gasteiger partial charge in [0.05, 0.1) is 26.2 Å². The van der Waals surface area contributed by atoms with Gasteiger partial charge in [0.15, 0.2) is 0 Å². The van der Waals surface area contributed by atoms with Crippen molar-refractivity contribution in [2.24, 2.45) is 0 Å². The van der Waals surface area contributed by atoms with E-state index in [9.17, 15) is 0 Å². The predicted octanol–water partition coefficient (Wildman–Crippen LogP) is 2.89. The van der Waals surface area contributed by atoms with Crippen molar-refractivity contribution in [3.63, 3.8) is 0 Å². The first-order valence-corrected chi connectivity index (χ1v) is 12.3. The maximum absolute atomic E-state index is 4.38. The molecule has 0 aliphatic heterocycles. The molecule has 5 rings (SSSR count). The number of hydrogen-bond donors (Lipinski definition) is 0. The predicted molar refractivity (Wildman–Crippen MR) is 140 cm³/mol. The zero-order valence-electron chi connectivity index (χ0n) is 20.4. The minimum Gasteiger partial charge on any atom is -0.368 e. The Morgan fingerprint density at radius 2 is 0.806 bits per heavy atom. The van der Waals surface area contributed by atoms with E-state index in [1.807, 2.05) is 92.6 Å². The summed E-state index contributed by atoms with van der Waals surface area (Å²) in [6.07, 6.45) is 15.3. The molecule has 4 heterocycles. The highest BCUT2D eigenvalue weighted by Gasteiger charge is 2.13. The number of benzene rings is 1. The van der Waals surface area contributed by atoms with E-state index in [-0.39, 0.29) is 0 Å². The summed E-state index contributed by atoms with van der Waals surface area (Å²) in [6.45, 7) is 6.69. The van der Waals surface area contributed by atoms with Crippen molar-refractivity contribution in [3.8, 4) is 0 Å². The summed E-state index contributed by atoms with van der Waals surface area (Å²) < 4.78 is 7.91. The van der Waals surface area contributed by atoms with Gasteiger partial charge >= 0.3 is 0 Å². The molecule has 0 radical (unpaired) electrons. The third-order valence-corrected chi connectivity index (χ3v) is 6.19. The largest absolute Gasteiger partial charge is 0.368 e. The van der Waals surface area contributed by atoms with E-state index >= 15 is 0 Å². The van der Waals surface area contributed by atoms with E-state index < -0.39 is 0 Å². The lowest BCUT2D eigenvalue weighted by atomic mass is 10.2. The molecule has 0 fully saturated rings. The first-order valence-electron chi connectivity index (χ1n) is 12.3. The molecule has 0 N–H and O–H groups in total. The summed E-state index contributed by atoms with van der Waals surface area (Å²) in [6, 6.07) is 16.7. The van der Waals surface area contributed by atoms with Crippen molar-refractivity contribution in [3.05, 3.63) is 98.1 Å². The van der Waals surface area contributed by atoms with Gasteiger partial charge in [0.1, 0.15) is 0 Å². The Kier molecular flexibility index (Phi) is 7.72. The summed E-state index contributed by atoms with van der Waals surface area (Å²) in [7, 11) is 0. The first kappa shape index (κ1) is 23.4. The Labute approximate surface area is 211 Å². The second-order valence-corrected chi connectivity index (χ2v) is 8.57. The van der Waals surface area contributed by atoms with Crippen molar-refractivity contribution in [2.45, 2.75) is 26.2 Å². The van der Waals surface area contributed by atoms with Crippen LogP contribution in [-0.4, -0.2) is 65.3 Å². The molecule has 0 aliphatic carbocycles. The van der Waals surface area contributed by atoms with Gasteiger partial charge < -0.3 is 9.80 Å². The topological polar surface area (TPSA) is 77.8 Å². The van der Waals surface area contributed by atoms with Gasteiger partial charge in [-0.3, -0.25) is 18.7 Å². The Morgan fingerprint density at radius 3 is 1.08 bits per heavy atom. The quantitative estimate of drug-likeness (QED) is 0.241. The molecule has 0 unspecified atom stereocenters. The molecule has 1 aromatic carbocycles.